The third-order valence-corrected chi connectivity index (χ3v) is 3.31. The molecule has 0 spiro atoms. The lowest BCUT2D eigenvalue weighted by molar-refractivity contribution is -0.151. The molecule has 0 aromatic rings. The summed E-state index contributed by atoms with van der Waals surface area (Å²) in [5, 5.41) is 0. The van der Waals surface area contributed by atoms with E-state index in [1.54, 1.807) is 0 Å². The van der Waals surface area contributed by atoms with Crippen LogP contribution < -0.4 is 0 Å². The maximum absolute atomic E-state index is 10.6. The first-order valence-electron chi connectivity index (χ1n) is 4.68. The quantitative estimate of drug-likeness (QED) is 0.282. The number of hydrogen-bond acceptors (Lipinski definition) is 4. The SMILES string of the molecule is COC(=O)COCOCC[Si](C)(C)C. The van der Waals surface area contributed by atoms with E-state index in [0.29, 0.717) is 6.61 Å². The van der Waals surface area contributed by atoms with Crippen LogP contribution in [0.1, 0.15) is 0 Å². The highest BCUT2D eigenvalue weighted by atomic mass is 28.3. The van der Waals surface area contributed by atoms with E-state index in [4.69, 9.17) is 9.47 Å². The number of methoxy groups -OCH3 is 1. The van der Waals surface area contributed by atoms with Crippen LogP contribution in [-0.2, 0) is 19.0 Å². The number of esters is 1. The molecular weight excluding hydrogens is 200 g/mol. The minimum Gasteiger partial charge on any atom is -0.467 e. The average molecular weight is 220 g/mol. The molecule has 0 saturated heterocycles. The predicted molar refractivity (Wildman–Crippen MR) is 56.9 cm³/mol. The van der Waals surface area contributed by atoms with Crippen molar-refractivity contribution in [3.05, 3.63) is 0 Å². The van der Waals surface area contributed by atoms with Gasteiger partial charge in [-0.3, -0.25) is 0 Å². The molecular formula is C9H20O4Si. The van der Waals surface area contributed by atoms with Gasteiger partial charge < -0.3 is 14.2 Å². The van der Waals surface area contributed by atoms with Crippen molar-refractivity contribution in [2.45, 2.75) is 25.7 Å². The number of ether oxygens (including phenoxy) is 3. The first kappa shape index (κ1) is 13.6. The minimum absolute atomic E-state index is 0.0382. The highest BCUT2D eigenvalue weighted by Gasteiger charge is 2.11. The molecule has 14 heavy (non-hydrogen) atoms. The Hall–Kier alpha value is -0.393. The third-order valence-electron chi connectivity index (χ3n) is 1.61. The van der Waals surface area contributed by atoms with Crippen LogP contribution >= 0.6 is 0 Å². The zero-order valence-corrected chi connectivity index (χ0v) is 10.5. The van der Waals surface area contributed by atoms with Crippen LogP contribution in [0.25, 0.3) is 0 Å². The van der Waals surface area contributed by atoms with Crippen LogP contribution in [0.2, 0.25) is 25.7 Å². The molecule has 0 N–H and O–H groups in total. The van der Waals surface area contributed by atoms with Gasteiger partial charge in [-0.15, -0.1) is 0 Å². The second kappa shape index (κ2) is 6.97. The van der Waals surface area contributed by atoms with E-state index in [1.807, 2.05) is 0 Å². The van der Waals surface area contributed by atoms with Crippen LogP contribution in [0.3, 0.4) is 0 Å². The van der Waals surface area contributed by atoms with E-state index >= 15 is 0 Å². The Morgan fingerprint density at radius 1 is 1.21 bits per heavy atom. The van der Waals surface area contributed by atoms with Gasteiger partial charge in [0.2, 0.25) is 0 Å². The molecule has 5 heteroatoms. The first-order valence-corrected chi connectivity index (χ1v) is 8.39. The molecule has 0 aliphatic rings. The molecule has 0 aliphatic carbocycles. The number of carbonyl (C=O) groups is 1. The fourth-order valence-corrected chi connectivity index (χ4v) is 1.44. The average Bonchev–Trinajstić information content (AvgIpc) is 2.08. The summed E-state index contributed by atoms with van der Waals surface area (Å²) in [5.74, 6) is -0.376. The number of hydrogen-bond donors (Lipinski definition) is 0. The van der Waals surface area contributed by atoms with Crippen LogP contribution in [0.4, 0.5) is 0 Å². The Morgan fingerprint density at radius 3 is 2.36 bits per heavy atom. The molecule has 4 nitrogen and oxygen atoms in total. The monoisotopic (exact) mass is 220 g/mol. The van der Waals surface area contributed by atoms with E-state index in [2.05, 4.69) is 24.4 Å². The maximum atomic E-state index is 10.6. The summed E-state index contributed by atoms with van der Waals surface area (Å²) in [6.07, 6.45) is 0. The lowest BCUT2D eigenvalue weighted by Crippen LogP contribution is -2.22. The Balaban J connectivity index is 3.18. The molecule has 0 amide bonds. The van der Waals surface area contributed by atoms with Crippen molar-refractivity contribution in [3.63, 3.8) is 0 Å². The predicted octanol–water partition coefficient (Wildman–Crippen LogP) is 1.49. The van der Waals surface area contributed by atoms with Gasteiger partial charge in [-0.1, -0.05) is 19.6 Å². The number of carbonyl (C=O) groups excluding carboxylic acids is 1. The Bertz CT molecular complexity index is 165. The fourth-order valence-electron chi connectivity index (χ4n) is 0.680. The molecule has 0 rings (SSSR count). The second-order valence-corrected chi connectivity index (χ2v) is 9.88. The summed E-state index contributed by atoms with van der Waals surface area (Å²) in [6.45, 7) is 7.68. The maximum Gasteiger partial charge on any atom is 0.331 e. The third kappa shape index (κ3) is 9.69. The Labute approximate surface area is 86.5 Å². The van der Waals surface area contributed by atoms with Gasteiger partial charge >= 0.3 is 5.97 Å². The smallest absolute Gasteiger partial charge is 0.331 e. The summed E-state index contributed by atoms with van der Waals surface area (Å²) in [5.41, 5.74) is 0. The van der Waals surface area contributed by atoms with E-state index in [0.717, 1.165) is 6.04 Å². The van der Waals surface area contributed by atoms with Crippen LogP contribution in [0.15, 0.2) is 0 Å². The summed E-state index contributed by atoms with van der Waals surface area (Å²) in [7, 11) is 0.313. The molecule has 0 unspecified atom stereocenters. The summed E-state index contributed by atoms with van der Waals surface area (Å²) < 4.78 is 14.5. The highest BCUT2D eigenvalue weighted by Crippen LogP contribution is 2.07. The first-order chi connectivity index (χ1) is 6.45. The van der Waals surface area contributed by atoms with Crippen molar-refractivity contribution >= 4 is 14.0 Å². The topological polar surface area (TPSA) is 44.8 Å². The summed E-state index contributed by atoms with van der Waals surface area (Å²) >= 11 is 0. The number of rotatable bonds is 7. The highest BCUT2D eigenvalue weighted by molar-refractivity contribution is 6.76. The lowest BCUT2D eigenvalue weighted by Gasteiger charge is -2.15. The van der Waals surface area contributed by atoms with Crippen molar-refractivity contribution < 1.29 is 19.0 Å². The van der Waals surface area contributed by atoms with E-state index < -0.39 is 8.07 Å². The van der Waals surface area contributed by atoms with Crippen molar-refractivity contribution in [3.8, 4) is 0 Å². The van der Waals surface area contributed by atoms with E-state index in [1.165, 1.54) is 7.11 Å². The van der Waals surface area contributed by atoms with Gasteiger partial charge in [0.1, 0.15) is 13.4 Å². The standard InChI is InChI=1S/C9H20O4Si/c1-11-9(10)7-13-8-12-5-6-14(2,3)4/h5-8H2,1-4H3. The molecule has 0 bridgehead atoms. The van der Waals surface area contributed by atoms with Gasteiger partial charge in [0, 0.05) is 14.7 Å². The van der Waals surface area contributed by atoms with Crippen molar-refractivity contribution in [2.75, 3.05) is 27.1 Å². The van der Waals surface area contributed by atoms with Crippen LogP contribution in [0.5, 0.6) is 0 Å². The van der Waals surface area contributed by atoms with E-state index in [-0.39, 0.29) is 19.4 Å². The van der Waals surface area contributed by atoms with Gasteiger partial charge in [0.05, 0.1) is 7.11 Å². The van der Waals surface area contributed by atoms with E-state index in [9.17, 15) is 4.79 Å². The minimum atomic E-state index is -1.02. The van der Waals surface area contributed by atoms with Gasteiger partial charge in [-0.05, 0) is 6.04 Å². The van der Waals surface area contributed by atoms with Crippen molar-refractivity contribution in [1.29, 1.82) is 0 Å². The molecule has 0 heterocycles. The molecule has 0 aromatic carbocycles. The second-order valence-electron chi connectivity index (χ2n) is 4.26. The molecule has 0 atom stereocenters. The van der Waals surface area contributed by atoms with Gasteiger partial charge in [-0.25, -0.2) is 4.79 Å². The molecule has 0 radical (unpaired) electrons. The normalized spacial score (nSPS) is 11.4. The lowest BCUT2D eigenvalue weighted by atomic mass is 10.7. The van der Waals surface area contributed by atoms with Crippen molar-refractivity contribution in [1.82, 2.24) is 0 Å². The molecule has 0 aromatic heterocycles. The van der Waals surface area contributed by atoms with Gasteiger partial charge in [0.25, 0.3) is 0 Å². The largest absolute Gasteiger partial charge is 0.467 e. The zero-order valence-electron chi connectivity index (χ0n) is 9.46. The summed E-state index contributed by atoms with van der Waals surface area (Å²) in [6, 6.07) is 1.11. The molecule has 0 aliphatic heterocycles. The van der Waals surface area contributed by atoms with Gasteiger partial charge in [0.15, 0.2) is 0 Å². The Kier molecular flexibility index (Phi) is 6.78. The molecule has 0 saturated carbocycles. The summed E-state index contributed by atoms with van der Waals surface area (Å²) in [4.78, 5) is 10.6. The van der Waals surface area contributed by atoms with Crippen LogP contribution in [0, 0.1) is 0 Å². The van der Waals surface area contributed by atoms with Crippen LogP contribution in [-0.4, -0.2) is 41.2 Å². The molecule has 0 fully saturated rings. The molecule has 84 valence electrons. The van der Waals surface area contributed by atoms with Crippen molar-refractivity contribution in [2.24, 2.45) is 0 Å². The van der Waals surface area contributed by atoms with Gasteiger partial charge in [-0.2, -0.15) is 0 Å². The Morgan fingerprint density at radius 2 is 1.86 bits per heavy atom. The fraction of sp³-hybridized carbons (Fsp3) is 0.889. The zero-order chi connectivity index (χ0) is 11.0.